The van der Waals surface area contributed by atoms with Crippen molar-refractivity contribution in [3.8, 4) is 0 Å². The van der Waals surface area contributed by atoms with E-state index in [1.165, 1.54) is 45.4 Å². The summed E-state index contributed by atoms with van der Waals surface area (Å²) in [5, 5.41) is 0. The van der Waals surface area contributed by atoms with Crippen molar-refractivity contribution in [3.05, 3.63) is 0 Å². The van der Waals surface area contributed by atoms with Gasteiger partial charge in [0.1, 0.15) is 0 Å². The Morgan fingerprint density at radius 1 is 0.867 bits per heavy atom. The first-order chi connectivity index (χ1) is 7.06. The molecule has 0 aromatic carbocycles. The second kappa shape index (κ2) is 9.17. The van der Waals surface area contributed by atoms with Crippen LogP contribution in [0.15, 0.2) is 0 Å². The maximum Gasteiger partial charge on any atom is 0.000134 e. The van der Waals surface area contributed by atoms with E-state index < -0.39 is 0 Å². The van der Waals surface area contributed by atoms with Gasteiger partial charge in [-0.2, -0.15) is 0 Å². The van der Waals surface area contributed by atoms with Gasteiger partial charge >= 0.3 is 0 Å². The lowest BCUT2D eigenvalue weighted by atomic mass is 10.2. The van der Waals surface area contributed by atoms with Crippen LogP contribution in [0.1, 0.15) is 40.0 Å². The Labute approximate surface area is 96.6 Å². The predicted octanol–water partition coefficient (Wildman–Crippen LogP) is 2.70. The maximum absolute atomic E-state index is 2.45. The van der Waals surface area contributed by atoms with Crippen LogP contribution < -0.4 is 0 Å². The molecule has 0 fully saturated rings. The fourth-order valence-corrected chi connectivity index (χ4v) is 1.87. The molecule has 0 aliphatic heterocycles. The fraction of sp³-hybridized carbons (Fsp3) is 1.00. The van der Waals surface area contributed by atoms with E-state index in [1.54, 1.807) is 0 Å². The Morgan fingerprint density at radius 2 is 1.40 bits per heavy atom. The van der Waals surface area contributed by atoms with Gasteiger partial charge in [-0.05, 0) is 52.5 Å². The molecule has 0 aliphatic carbocycles. The molecular formula is C13H30N2. The molecule has 0 aromatic heterocycles. The van der Waals surface area contributed by atoms with Crippen LogP contribution in [0, 0.1) is 5.92 Å². The van der Waals surface area contributed by atoms with Gasteiger partial charge in [0.05, 0.1) is 0 Å². The van der Waals surface area contributed by atoms with Crippen molar-refractivity contribution < 1.29 is 0 Å². The molecule has 15 heavy (non-hydrogen) atoms. The van der Waals surface area contributed by atoms with Crippen molar-refractivity contribution in [2.75, 3.05) is 40.3 Å². The highest BCUT2D eigenvalue weighted by Crippen LogP contribution is 1.98. The van der Waals surface area contributed by atoms with E-state index in [0.29, 0.717) is 0 Å². The quantitative estimate of drug-likeness (QED) is 0.582. The third-order valence-corrected chi connectivity index (χ3v) is 2.65. The molecule has 0 heterocycles. The molecular weight excluding hydrogens is 184 g/mol. The molecule has 0 amide bonds. The molecule has 92 valence electrons. The van der Waals surface area contributed by atoms with E-state index >= 15 is 0 Å². The van der Waals surface area contributed by atoms with Crippen LogP contribution in [0.5, 0.6) is 0 Å². The lowest BCUT2D eigenvalue weighted by Crippen LogP contribution is -2.28. The van der Waals surface area contributed by atoms with Gasteiger partial charge in [-0.1, -0.05) is 27.2 Å². The maximum atomic E-state index is 2.45. The standard InChI is InChI=1S/C13H30N2/c1-6-7-9-14(4)10-8-11-15(5)12-13(2)3/h13H,6-12H2,1-5H3. The van der Waals surface area contributed by atoms with E-state index in [2.05, 4.69) is 44.7 Å². The Bertz CT molecular complexity index is 134. The van der Waals surface area contributed by atoms with Crippen LogP contribution in [0.4, 0.5) is 0 Å². The van der Waals surface area contributed by atoms with Crippen LogP contribution in [0.25, 0.3) is 0 Å². The molecule has 0 unspecified atom stereocenters. The molecule has 0 spiro atoms. The van der Waals surface area contributed by atoms with Crippen LogP contribution in [-0.4, -0.2) is 50.1 Å². The van der Waals surface area contributed by atoms with E-state index in [-0.39, 0.29) is 0 Å². The lowest BCUT2D eigenvalue weighted by molar-refractivity contribution is 0.259. The first-order valence-corrected chi connectivity index (χ1v) is 6.43. The molecule has 0 aliphatic rings. The number of unbranched alkanes of at least 4 members (excludes halogenated alkanes) is 1. The molecule has 0 saturated heterocycles. The summed E-state index contributed by atoms with van der Waals surface area (Å²) in [5.74, 6) is 0.785. The molecule has 0 saturated carbocycles. The SMILES string of the molecule is CCCCN(C)CCCN(C)CC(C)C. The number of hydrogen-bond acceptors (Lipinski definition) is 2. The number of rotatable bonds is 9. The summed E-state index contributed by atoms with van der Waals surface area (Å²) in [6.45, 7) is 11.8. The van der Waals surface area contributed by atoms with Gasteiger partial charge in [0.2, 0.25) is 0 Å². The van der Waals surface area contributed by atoms with Gasteiger partial charge in [-0.15, -0.1) is 0 Å². The van der Waals surface area contributed by atoms with Crippen molar-refractivity contribution in [1.29, 1.82) is 0 Å². The Kier molecular flexibility index (Phi) is 9.12. The van der Waals surface area contributed by atoms with E-state index in [1.807, 2.05) is 0 Å². The van der Waals surface area contributed by atoms with Crippen molar-refractivity contribution in [2.24, 2.45) is 5.92 Å². The first kappa shape index (κ1) is 14.9. The van der Waals surface area contributed by atoms with Gasteiger partial charge in [0.15, 0.2) is 0 Å². The van der Waals surface area contributed by atoms with Gasteiger partial charge < -0.3 is 9.80 Å². The normalized spacial score (nSPS) is 12.0. The third kappa shape index (κ3) is 10.2. The van der Waals surface area contributed by atoms with Gasteiger partial charge in [-0.25, -0.2) is 0 Å². The summed E-state index contributed by atoms with van der Waals surface area (Å²) in [5.41, 5.74) is 0. The van der Waals surface area contributed by atoms with Crippen LogP contribution in [-0.2, 0) is 0 Å². The van der Waals surface area contributed by atoms with Crippen molar-refractivity contribution in [1.82, 2.24) is 9.80 Å². The monoisotopic (exact) mass is 214 g/mol. The lowest BCUT2D eigenvalue weighted by Gasteiger charge is -2.21. The molecule has 2 heteroatoms. The topological polar surface area (TPSA) is 6.48 Å². The minimum absolute atomic E-state index is 0.785. The van der Waals surface area contributed by atoms with Gasteiger partial charge in [0.25, 0.3) is 0 Å². The first-order valence-electron chi connectivity index (χ1n) is 6.43. The van der Waals surface area contributed by atoms with Gasteiger partial charge in [-0.3, -0.25) is 0 Å². The highest BCUT2D eigenvalue weighted by molar-refractivity contribution is 4.57. The average Bonchev–Trinajstić information content (AvgIpc) is 2.13. The second-order valence-corrected chi connectivity index (χ2v) is 5.17. The molecule has 0 rings (SSSR count). The molecule has 0 radical (unpaired) electrons. The molecule has 0 aromatic rings. The minimum Gasteiger partial charge on any atom is -0.306 e. The van der Waals surface area contributed by atoms with Crippen molar-refractivity contribution in [2.45, 2.75) is 40.0 Å². The summed E-state index contributed by atoms with van der Waals surface area (Å²) >= 11 is 0. The average molecular weight is 214 g/mol. The van der Waals surface area contributed by atoms with Crippen LogP contribution in [0.2, 0.25) is 0 Å². The Hall–Kier alpha value is -0.0800. The zero-order chi connectivity index (χ0) is 11.7. The predicted molar refractivity (Wildman–Crippen MR) is 69.4 cm³/mol. The fourth-order valence-electron chi connectivity index (χ4n) is 1.87. The Morgan fingerprint density at radius 3 is 1.93 bits per heavy atom. The third-order valence-electron chi connectivity index (χ3n) is 2.65. The van der Waals surface area contributed by atoms with Crippen molar-refractivity contribution >= 4 is 0 Å². The smallest absolute Gasteiger partial charge is 0.000134 e. The zero-order valence-corrected chi connectivity index (χ0v) is 11.4. The van der Waals surface area contributed by atoms with Gasteiger partial charge in [0, 0.05) is 6.54 Å². The van der Waals surface area contributed by atoms with Crippen LogP contribution in [0.3, 0.4) is 0 Å². The summed E-state index contributed by atoms with van der Waals surface area (Å²) in [7, 11) is 4.46. The largest absolute Gasteiger partial charge is 0.306 e. The highest BCUT2D eigenvalue weighted by atomic mass is 15.1. The van der Waals surface area contributed by atoms with E-state index in [4.69, 9.17) is 0 Å². The summed E-state index contributed by atoms with van der Waals surface area (Å²) in [4.78, 5) is 4.89. The summed E-state index contributed by atoms with van der Waals surface area (Å²) in [6.07, 6.45) is 3.93. The molecule has 0 atom stereocenters. The van der Waals surface area contributed by atoms with E-state index in [0.717, 1.165) is 5.92 Å². The van der Waals surface area contributed by atoms with Crippen LogP contribution >= 0.6 is 0 Å². The van der Waals surface area contributed by atoms with E-state index in [9.17, 15) is 0 Å². The second-order valence-electron chi connectivity index (χ2n) is 5.17. The minimum atomic E-state index is 0.785. The number of nitrogens with zero attached hydrogens (tertiary/aromatic N) is 2. The number of hydrogen-bond donors (Lipinski definition) is 0. The van der Waals surface area contributed by atoms with Crippen molar-refractivity contribution in [3.63, 3.8) is 0 Å². The Balaban J connectivity index is 3.35. The molecule has 0 N–H and O–H groups in total. The highest BCUT2D eigenvalue weighted by Gasteiger charge is 2.02. The summed E-state index contributed by atoms with van der Waals surface area (Å²) in [6, 6.07) is 0. The molecule has 0 bridgehead atoms. The molecule has 2 nitrogen and oxygen atoms in total. The zero-order valence-electron chi connectivity index (χ0n) is 11.4. The summed E-state index contributed by atoms with van der Waals surface area (Å²) < 4.78 is 0.